The first-order valence-corrected chi connectivity index (χ1v) is 36.8. The smallest absolute Gasteiger partial charge is 0.456 e. The molecule has 0 aromatic carbocycles. The summed E-state index contributed by atoms with van der Waals surface area (Å²) < 4.78 is 30.8. The van der Waals surface area contributed by atoms with E-state index in [0.717, 1.165) is 89.9 Å². The van der Waals surface area contributed by atoms with Gasteiger partial charge in [-0.25, -0.2) is 4.57 Å². The number of hydrogen-bond donors (Lipinski definition) is 2. The third-order valence-electron chi connectivity index (χ3n) is 15.6. The third kappa shape index (κ3) is 63.8. The molecule has 0 bridgehead atoms. The van der Waals surface area contributed by atoms with Crippen LogP contribution in [0.1, 0.15) is 329 Å². The molecule has 0 aliphatic rings. The number of phosphoric ester groups is 1. The van der Waals surface area contributed by atoms with Crippen LogP contribution in [0.5, 0.6) is 0 Å². The topological polar surface area (TPSA) is 111 Å². The van der Waals surface area contributed by atoms with E-state index in [4.69, 9.17) is 13.8 Å². The van der Waals surface area contributed by atoms with E-state index in [1.165, 1.54) is 205 Å². The summed E-state index contributed by atoms with van der Waals surface area (Å²) in [6.45, 7) is 7.01. The highest BCUT2D eigenvalue weighted by Gasteiger charge is 2.30. The van der Waals surface area contributed by atoms with E-state index in [0.29, 0.717) is 17.4 Å². The minimum Gasteiger partial charge on any atom is -0.456 e. The molecule has 3 unspecified atom stereocenters. The lowest BCUT2D eigenvalue weighted by molar-refractivity contribution is -0.870. The fourth-order valence-electron chi connectivity index (χ4n) is 10.2. The van der Waals surface area contributed by atoms with Crippen molar-refractivity contribution >= 4 is 19.7 Å². The maximum absolute atomic E-state index is 13.6. The molecule has 0 heterocycles. The third-order valence-corrected chi connectivity index (χ3v) is 16.6. The standard InChI is InChI=1S/C73H135N2O7P/c1-7-10-13-16-19-22-25-28-30-32-34-36-37-39-41-43-45-48-51-54-57-60-63-66-73(77)82-71(64-61-58-55-52-49-46-27-24-21-18-15-12-9-3)70(69-81-83(78,79)80-68-67-75(4,5)6)74-72(76)65-62-59-56-53-50-47-44-42-40-38-35-33-31-29-26-23-20-17-14-11-8-2/h19,22,28-31,34,36,39,41,61,64,70-71H,7-18,20-21,23-27,32-33,35,37-38,40,42-60,62-63,65-69H2,1-6H3,(H-,74,76,78,79)/p+1/b22-19-,30-28-,31-29+,36-34-,41-39-,64-61+. The van der Waals surface area contributed by atoms with E-state index in [-0.39, 0.29) is 31.5 Å². The Hall–Kier alpha value is -2.55. The normalized spacial score (nSPS) is 14.0. The summed E-state index contributed by atoms with van der Waals surface area (Å²) in [6, 6.07) is -0.856. The molecule has 1 amide bonds. The first kappa shape index (κ1) is 80.5. The molecule has 0 aromatic heterocycles. The minimum atomic E-state index is -4.46. The van der Waals surface area contributed by atoms with Gasteiger partial charge in [0.05, 0.1) is 33.8 Å². The van der Waals surface area contributed by atoms with Crippen LogP contribution in [0.3, 0.4) is 0 Å². The lowest BCUT2D eigenvalue weighted by atomic mass is 10.0. The SMILES string of the molecule is CCCCC/C=C\C/C=C\C/C=C\C/C=C\CCCCCCCCCC(=O)OC(/C=C/CCCCCCCCCCCCC)C(COP(=O)(O)OCC[N+](C)(C)C)NC(=O)CCCCCCCCCCCCC/C=C/CCCCCCCC. The van der Waals surface area contributed by atoms with Gasteiger partial charge in [-0.1, -0.05) is 287 Å². The Morgan fingerprint density at radius 1 is 0.422 bits per heavy atom. The zero-order valence-corrected chi connectivity index (χ0v) is 56.3. The second kappa shape index (κ2) is 62.5. The number of carbonyl (C=O) groups excluding carboxylic acids is 2. The Bertz CT molecular complexity index is 1650. The first-order valence-electron chi connectivity index (χ1n) is 35.3. The van der Waals surface area contributed by atoms with E-state index in [9.17, 15) is 19.0 Å². The van der Waals surface area contributed by atoms with E-state index >= 15 is 0 Å². The monoisotopic (exact) mass is 1180 g/mol. The van der Waals surface area contributed by atoms with Gasteiger partial charge in [0.1, 0.15) is 19.3 Å². The van der Waals surface area contributed by atoms with Gasteiger partial charge in [-0.2, -0.15) is 0 Å². The van der Waals surface area contributed by atoms with Crippen LogP contribution < -0.4 is 5.32 Å². The Morgan fingerprint density at radius 3 is 1.13 bits per heavy atom. The quantitative estimate of drug-likeness (QED) is 0.0205. The molecule has 10 heteroatoms. The van der Waals surface area contributed by atoms with Gasteiger partial charge in [-0.15, -0.1) is 0 Å². The van der Waals surface area contributed by atoms with Gasteiger partial charge in [-0.05, 0) is 102 Å². The molecule has 0 spiro atoms. The predicted octanol–water partition coefficient (Wildman–Crippen LogP) is 22.3. The lowest BCUT2D eigenvalue weighted by Crippen LogP contribution is -2.47. The van der Waals surface area contributed by atoms with Gasteiger partial charge in [0.25, 0.3) is 0 Å². The Balaban J connectivity index is 5.16. The largest absolute Gasteiger partial charge is 0.472 e. The molecular weight excluding hydrogens is 1050 g/mol. The summed E-state index contributed by atoms with van der Waals surface area (Å²) >= 11 is 0. The van der Waals surface area contributed by atoms with Crippen LogP contribution in [0.15, 0.2) is 72.9 Å². The lowest BCUT2D eigenvalue weighted by Gasteiger charge is -2.27. The van der Waals surface area contributed by atoms with Gasteiger partial charge < -0.3 is 19.4 Å². The van der Waals surface area contributed by atoms with E-state index in [1.807, 2.05) is 33.3 Å². The minimum absolute atomic E-state index is 0.0369. The number of unbranched alkanes of at least 4 members (excludes halogenated alkanes) is 38. The van der Waals surface area contributed by atoms with Crippen molar-refractivity contribution in [2.24, 2.45) is 0 Å². The van der Waals surface area contributed by atoms with Gasteiger partial charge >= 0.3 is 13.8 Å². The average molecular weight is 1180 g/mol. The summed E-state index contributed by atoms with van der Waals surface area (Å²) in [5.41, 5.74) is 0. The molecule has 0 saturated carbocycles. The number of likely N-dealkylation sites (N-methyl/N-ethyl adjacent to an activating group) is 1. The van der Waals surface area contributed by atoms with Crippen LogP contribution >= 0.6 is 7.82 Å². The highest BCUT2D eigenvalue weighted by molar-refractivity contribution is 7.47. The number of quaternary nitrogens is 1. The molecule has 0 radical (unpaired) electrons. The average Bonchev–Trinajstić information content (AvgIpc) is 3.47. The second-order valence-corrected chi connectivity index (χ2v) is 26.5. The number of carbonyl (C=O) groups is 2. The number of allylic oxidation sites excluding steroid dienone is 11. The van der Waals surface area contributed by atoms with Crippen molar-refractivity contribution in [3.8, 4) is 0 Å². The maximum Gasteiger partial charge on any atom is 0.472 e. The van der Waals surface area contributed by atoms with Crippen molar-refractivity contribution in [3.05, 3.63) is 72.9 Å². The highest BCUT2D eigenvalue weighted by atomic mass is 31.2. The summed E-state index contributed by atoms with van der Waals surface area (Å²) in [4.78, 5) is 37.9. The fraction of sp³-hybridized carbons (Fsp3) is 0.808. The first-order chi connectivity index (χ1) is 40.4. The summed E-state index contributed by atoms with van der Waals surface area (Å²) in [5, 5.41) is 3.07. The molecule has 9 nitrogen and oxygen atoms in total. The molecule has 2 N–H and O–H groups in total. The summed E-state index contributed by atoms with van der Waals surface area (Å²) in [7, 11) is 1.49. The van der Waals surface area contributed by atoms with Gasteiger partial charge in [-0.3, -0.25) is 18.6 Å². The van der Waals surface area contributed by atoms with Crippen LogP contribution in [0.4, 0.5) is 0 Å². The molecular formula is C73H136N2O7P+. The molecule has 3 atom stereocenters. The van der Waals surface area contributed by atoms with Crippen molar-refractivity contribution in [1.29, 1.82) is 0 Å². The zero-order chi connectivity index (χ0) is 60.7. The van der Waals surface area contributed by atoms with Crippen molar-refractivity contribution in [2.75, 3.05) is 40.9 Å². The fourth-order valence-corrected chi connectivity index (χ4v) is 10.9. The molecule has 83 heavy (non-hydrogen) atoms. The van der Waals surface area contributed by atoms with Crippen molar-refractivity contribution < 1.29 is 37.3 Å². The summed E-state index contributed by atoms with van der Waals surface area (Å²) in [6.07, 6.45) is 81.9. The molecule has 0 aliphatic carbocycles. The van der Waals surface area contributed by atoms with E-state index in [2.05, 4.69) is 86.8 Å². The molecule has 0 fully saturated rings. The molecule has 0 rings (SSSR count). The number of phosphoric acid groups is 1. The van der Waals surface area contributed by atoms with Crippen LogP contribution in [0, 0.1) is 0 Å². The number of nitrogens with zero attached hydrogens (tertiary/aromatic N) is 1. The second-order valence-electron chi connectivity index (χ2n) is 25.0. The van der Waals surface area contributed by atoms with Gasteiger partial charge in [0.2, 0.25) is 5.91 Å². The zero-order valence-electron chi connectivity index (χ0n) is 55.4. The predicted molar refractivity (Wildman–Crippen MR) is 360 cm³/mol. The van der Waals surface area contributed by atoms with Crippen LogP contribution in [0.2, 0.25) is 0 Å². The van der Waals surface area contributed by atoms with E-state index in [1.54, 1.807) is 0 Å². The number of amides is 1. The number of hydrogen-bond acceptors (Lipinski definition) is 6. The highest BCUT2D eigenvalue weighted by Crippen LogP contribution is 2.43. The number of rotatable bonds is 64. The Labute approximate surface area is 514 Å². The van der Waals surface area contributed by atoms with Crippen molar-refractivity contribution in [2.45, 2.75) is 341 Å². The van der Waals surface area contributed by atoms with Crippen molar-refractivity contribution in [3.63, 3.8) is 0 Å². The van der Waals surface area contributed by atoms with Crippen LogP contribution in [-0.2, 0) is 27.9 Å². The Kier molecular flexibility index (Phi) is 60.6. The molecule has 0 aromatic rings. The molecule has 484 valence electrons. The summed E-state index contributed by atoms with van der Waals surface area (Å²) in [5.74, 6) is -0.509. The van der Waals surface area contributed by atoms with Crippen molar-refractivity contribution in [1.82, 2.24) is 5.32 Å². The molecule has 0 saturated heterocycles. The Morgan fingerprint density at radius 2 is 0.735 bits per heavy atom. The number of esters is 1. The van der Waals surface area contributed by atoms with Gasteiger partial charge in [0, 0.05) is 12.8 Å². The van der Waals surface area contributed by atoms with Gasteiger partial charge in [0.15, 0.2) is 0 Å². The number of nitrogens with one attached hydrogen (secondary N) is 1. The maximum atomic E-state index is 13.6. The van der Waals surface area contributed by atoms with Crippen LogP contribution in [-0.4, -0.2) is 74.3 Å². The number of ether oxygens (including phenoxy) is 1. The van der Waals surface area contributed by atoms with E-state index < -0.39 is 20.0 Å². The van der Waals surface area contributed by atoms with Crippen LogP contribution in [0.25, 0.3) is 0 Å². The molecule has 0 aliphatic heterocycles.